The summed E-state index contributed by atoms with van der Waals surface area (Å²) in [5.74, 6) is -1.18. The summed E-state index contributed by atoms with van der Waals surface area (Å²) in [5.41, 5.74) is 0. The quantitative estimate of drug-likeness (QED) is 0.829. The minimum absolute atomic E-state index is 0.337. The first-order chi connectivity index (χ1) is 6.93. The van der Waals surface area contributed by atoms with Crippen LogP contribution in [0.25, 0.3) is 0 Å². The average Bonchev–Trinajstić information content (AvgIpc) is 2.15. The van der Waals surface area contributed by atoms with Gasteiger partial charge in [0.2, 0.25) is 10.0 Å². The van der Waals surface area contributed by atoms with Crippen molar-refractivity contribution < 1.29 is 17.6 Å². The number of nitrogens with one attached hydrogen (secondary N) is 1. The second-order valence-corrected chi connectivity index (χ2v) is 4.69. The van der Waals surface area contributed by atoms with Crippen LogP contribution >= 0.6 is 0 Å². The number of hydrogen-bond donors (Lipinski definition) is 1. The first-order valence-electron chi connectivity index (χ1n) is 4.17. The summed E-state index contributed by atoms with van der Waals surface area (Å²) in [4.78, 5) is 10.1. The molecule has 0 saturated heterocycles. The van der Waals surface area contributed by atoms with Gasteiger partial charge in [0.25, 0.3) is 0 Å². The Balaban J connectivity index is 2.97. The molecule has 4 nitrogen and oxygen atoms in total. The Morgan fingerprint density at radius 1 is 1.40 bits per heavy atom. The van der Waals surface area contributed by atoms with Gasteiger partial charge in [0.1, 0.15) is 16.5 Å². The molecule has 1 rings (SSSR count). The molecule has 0 saturated carbocycles. The summed E-state index contributed by atoms with van der Waals surface area (Å²) >= 11 is 0. The van der Waals surface area contributed by atoms with E-state index in [4.69, 9.17) is 0 Å². The lowest BCUT2D eigenvalue weighted by atomic mass is 10.4. The molecule has 0 aliphatic carbocycles. The van der Waals surface area contributed by atoms with Gasteiger partial charge in [-0.3, -0.25) is 4.79 Å². The molecular weight excluding hydrogens is 221 g/mol. The van der Waals surface area contributed by atoms with E-state index >= 15 is 0 Å². The van der Waals surface area contributed by atoms with Gasteiger partial charge in [-0.25, -0.2) is 17.5 Å². The lowest BCUT2D eigenvalue weighted by Crippen LogP contribution is -2.29. The highest BCUT2D eigenvalue weighted by atomic mass is 32.2. The molecular formula is C9H10FNO3S. The molecule has 0 fully saturated rings. The van der Waals surface area contributed by atoms with Crippen molar-refractivity contribution in [3.63, 3.8) is 0 Å². The zero-order chi connectivity index (χ0) is 11.5. The Bertz CT molecular complexity index is 470. The number of benzene rings is 1. The third kappa shape index (κ3) is 3.10. The Hall–Kier alpha value is -1.27. The van der Waals surface area contributed by atoms with Crippen molar-refractivity contribution in [1.82, 2.24) is 4.72 Å². The maximum absolute atomic E-state index is 13.1. The highest BCUT2D eigenvalue weighted by Gasteiger charge is 2.18. The molecule has 0 aromatic heterocycles. The summed E-state index contributed by atoms with van der Waals surface area (Å²) in [5, 5.41) is 0. The number of sulfonamides is 1. The molecule has 0 atom stereocenters. The van der Waals surface area contributed by atoms with E-state index in [1.54, 1.807) is 0 Å². The molecule has 0 aliphatic rings. The second-order valence-electron chi connectivity index (χ2n) is 2.96. The summed E-state index contributed by atoms with van der Waals surface area (Å²) in [6.07, 6.45) is 0. The van der Waals surface area contributed by atoms with E-state index in [1.165, 1.54) is 19.1 Å². The minimum Gasteiger partial charge on any atom is -0.299 e. The van der Waals surface area contributed by atoms with E-state index in [2.05, 4.69) is 0 Å². The molecule has 0 unspecified atom stereocenters. The summed E-state index contributed by atoms with van der Waals surface area (Å²) in [6.45, 7) is 0.903. The van der Waals surface area contributed by atoms with Crippen LogP contribution in [0.2, 0.25) is 0 Å². The fourth-order valence-corrected chi connectivity index (χ4v) is 2.07. The molecule has 1 aromatic carbocycles. The van der Waals surface area contributed by atoms with E-state index in [0.717, 1.165) is 12.1 Å². The number of carbonyl (C=O) groups excluding carboxylic acids is 1. The van der Waals surface area contributed by atoms with Crippen molar-refractivity contribution in [3.05, 3.63) is 30.1 Å². The lowest BCUT2D eigenvalue weighted by molar-refractivity contribution is -0.115. The number of rotatable bonds is 4. The Morgan fingerprint density at radius 2 is 2.00 bits per heavy atom. The zero-order valence-corrected chi connectivity index (χ0v) is 8.84. The normalized spacial score (nSPS) is 11.3. The Kier molecular flexibility index (Phi) is 3.54. The van der Waals surface area contributed by atoms with Crippen molar-refractivity contribution in [3.8, 4) is 0 Å². The smallest absolute Gasteiger partial charge is 0.243 e. The van der Waals surface area contributed by atoms with Gasteiger partial charge in [0.05, 0.1) is 6.54 Å². The summed E-state index contributed by atoms with van der Waals surface area (Å²) in [6, 6.07) is 4.98. The molecule has 82 valence electrons. The topological polar surface area (TPSA) is 63.2 Å². The molecule has 0 heterocycles. The first kappa shape index (κ1) is 11.8. The highest BCUT2D eigenvalue weighted by molar-refractivity contribution is 7.89. The maximum atomic E-state index is 13.1. The van der Waals surface area contributed by atoms with Crippen molar-refractivity contribution in [2.45, 2.75) is 11.8 Å². The van der Waals surface area contributed by atoms with Gasteiger partial charge in [0.15, 0.2) is 0 Å². The Labute approximate surface area is 87.2 Å². The third-order valence-electron chi connectivity index (χ3n) is 1.64. The van der Waals surface area contributed by atoms with Crippen LogP contribution < -0.4 is 4.72 Å². The van der Waals surface area contributed by atoms with Crippen molar-refractivity contribution >= 4 is 15.8 Å². The van der Waals surface area contributed by atoms with Crippen molar-refractivity contribution in [2.75, 3.05) is 6.54 Å². The van der Waals surface area contributed by atoms with Gasteiger partial charge in [-0.05, 0) is 19.1 Å². The molecule has 1 aromatic rings. The number of ketones is 1. The average molecular weight is 231 g/mol. The fraction of sp³-hybridized carbons (Fsp3) is 0.222. The zero-order valence-electron chi connectivity index (χ0n) is 8.03. The Morgan fingerprint density at radius 3 is 2.53 bits per heavy atom. The van der Waals surface area contributed by atoms with Gasteiger partial charge >= 0.3 is 0 Å². The van der Waals surface area contributed by atoms with E-state index in [-0.39, 0.29) is 12.3 Å². The number of carbonyl (C=O) groups is 1. The van der Waals surface area contributed by atoms with E-state index in [0.29, 0.717) is 0 Å². The summed E-state index contributed by atoms with van der Waals surface area (Å²) in [7, 11) is -3.93. The van der Waals surface area contributed by atoms with Crippen molar-refractivity contribution in [2.24, 2.45) is 0 Å². The molecule has 0 bridgehead atoms. The monoisotopic (exact) mass is 231 g/mol. The maximum Gasteiger partial charge on any atom is 0.243 e. The van der Waals surface area contributed by atoms with Crippen LogP contribution in [-0.4, -0.2) is 20.7 Å². The lowest BCUT2D eigenvalue weighted by Gasteiger charge is -2.05. The fourth-order valence-electron chi connectivity index (χ4n) is 0.937. The van der Waals surface area contributed by atoms with Gasteiger partial charge in [-0.1, -0.05) is 12.1 Å². The van der Waals surface area contributed by atoms with Gasteiger partial charge in [-0.15, -0.1) is 0 Å². The SMILES string of the molecule is CC(=O)CNS(=O)(=O)c1ccccc1F. The number of halogens is 1. The number of hydrogen-bond acceptors (Lipinski definition) is 3. The first-order valence-corrected chi connectivity index (χ1v) is 5.65. The van der Waals surface area contributed by atoms with Crippen molar-refractivity contribution in [1.29, 1.82) is 0 Å². The van der Waals surface area contributed by atoms with E-state index < -0.39 is 20.7 Å². The predicted molar refractivity (Wildman–Crippen MR) is 52.3 cm³/mol. The molecule has 6 heteroatoms. The van der Waals surface area contributed by atoms with Crippen LogP contribution in [0.3, 0.4) is 0 Å². The van der Waals surface area contributed by atoms with E-state index in [9.17, 15) is 17.6 Å². The van der Waals surface area contributed by atoms with Crippen LogP contribution in [0, 0.1) is 5.82 Å². The summed E-state index contributed by atoms with van der Waals surface area (Å²) < 4.78 is 38.0. The molecule has 0 radical (unpaired) electrons. The highest BCUT2D eigenvalue weighted by Crippen LogP contribution is 2.12. The van der Waals surface area contributed by atoms with Crippen LogP contribution in [-0.2, 0) is 14.8 Å². The molecule has 0 amide bonds. The van der Waals surface area contributed by atoms with Crippen LogP contribution in [0.15, 0.2) is 29.2 Å². The minimum atomic E-state index is -3.93. The van der Waals surface area contributed by atoms with Gasteiger partial charge in [-0.2, -0.15) is 0 Å². The molecule has 0 spiro atoms. The standard InChI is InChI=1S/C9H10FNO3S/c1-7(12)6-11-15(13,14)9-5-3-2-4-8(9)10/h2-5,11H,6H2,1H3. The largest absolute Gasteiger partial charge is 0.299 e. The van der Waals surface area contributed by atoms with Crippen LogP contribution in [0.4, 0.5) is 4.39 Å². The van der Waals surface area contributed by atoms with Gasteiger partial charge < -0.3 is 0 Å². The molecule has 0 aliphatic heterocycles. The second kappa shape index (κ2) is 4.50. The van der Waals surface area contributed by atoms with Crippen LogP contribution in [0.5, 0.6) is 0 Å². The number of Topliss-reactive ketones (excluding diaryl/α,β-unsaturated/α-hetero) is 1. The molecule has 1 N–H and O–H groups in total. The molecule has 15 heavy (non-hydrogen) atoms. The van der Waals surface area contributed by atoms with E-state index in [1.807, 2.05) is 4.72 Å². The third-order valence-corrected chi connectivity index (χ3v) is 3.07. The predicted octanol–water partition coefficient (Wildman–Crippen LogP) is 0.693. The van der Waals surface area contributed by atoms with Crippen LogP contribution in [0.1, 0.15) is 6.92 Å². The van der Waals surface area contributed by atoms with Gasteiger partial charge in [0, 0.05) is 0 Å².